The van der Waals surface area contributed by atoms with E-state index in [9.17, 15) is 10.2 Å². The number of aromatic hydroxyl groups is 1. The molecule has 1 aromatic rings. The fraction of sp³-hybridized carbons (Fsp3) is 0.600. The Kier molecular flexibility index (Phi) is 4.00. The van der Waals surface area contributed by atoms with Crippen molar-refractivity contribution in [1.82, 2.24) is 0 Å². The molecule has 124 valence electrons. The van der Waals surface area contributed by atoms with Crippen LogP contribution < -0.4 is 0 Å². The van der Waals surface area contributed by atoms with E-state index in [0.717, 1.165) is 19.3 Å². The van der Waals surface area contributed by atoms with Crippen molar-refractivity contribution in [2.45, 2.75) is 51.0 Å². The molecular weight excluding hydrogens is 399 g/mol. The van der Waals surface area contributed by atoms with Crippen LogP contribution in [0, 0.1) is 23.2 Å². The molecule has 23 heavy (non-hydrogen) atoms. The van der Waals surface area contributed by atoms with E-state index in [4.69, 9.17) is 0 Å². The highest BCUT2D eigenvalue weighted by Gasteiger charge is 2.56. The summed E-state index contributed by atoms with van der Waals surface area (Å²) < 4.78 is 2.15. The minimum atomic E-state index is -0.139. The number of phenolic OH excluding ortho intramolecular Hbond substituents is 1. The Hall–Kier alpha value is -0.550. The van der Waals surface area contributed by atoms with Gasteiger partial charge in [-0.2, -0.15) is 0 Å². The van der Waals surface area contributed by atoms with Crippen LogP contribution in [0.15, 0.2) is 28.4 Å². The Morgan fingerprint density at radius 1 is 1.26 bits per heavy atom. The number of rotatable bonds is 1. The van der Waals surface area contributed by atoms with Gasteiger partial charge in [0.05, 0.1) is 6.10 Å². The normalized spacial score (nSPS) is 42.3. The second-order valence-electron chi connectivity index (χ2n) is 8.00. The third-order valence-corrected chi connectivity index (χ3v) is 7.44. The molecule has 2 N–H and O–H groups in total. The molecule has 0 heterocycles. The number of allylic oxidation sites excluding steroid dienone is 1. The van der Waals surface area contributed by atoms with Gasteiger partial charge in [-0.3, -0.25) is 0 Å². The van der Waals surface area contributed by atoms with Gasteiger partial charge in [0.15, 0.2) is 0 Å². The first kappa shape index (κ1) is 15.9. The van der Waals surface area contributed by atoms with Gasteiger partial charge in [-0.05, 0) is 88.5 Å². The number of aryl methyl sites for hydroxylation is 1. The van der Waals surface area contributed by atoms with Crippen LogP contribution in [0.5, 0.6) is 5.75 Å². The Bertz CT molecular complexity index is 641. The van der Waals surface area contributed by atoms with Gasteiger partial charge >= 0.3 is 0 Å². The van der Waals surface area contributed by atoms with Gasteiger partial charge in [-0.1, -0.05) is 41.7 Å². The van der Waals surface area contributed by atoms with E-state index in [-0.39, 0.29) is 11.5 Å². The first-order valence-corrected chi connectivity index (χ1v) is 10.1. The first-order valence-electron chi connectivity index (χ1n) is 8.81. The van der Waals surface area contributed by atoms with Crippen molar-refractivity contribution in [3.63, 3.8) is 0 Å². The number of benzene rings is 1. The van der Waals surface area contributed by atoms with Crippen molar-refractivity contribution in [2.75, 3.05) is 0 Å². The number of halogens is 1. The largest absolute Gasteiger partial charge is 0.508 e. The van der Waals surface area contributed by atoms with Crippen molar-refractivity contribution >= 4 is 22.6 Å². The topological polar surface area (TPSA) is 40.5 Å². The summed E-state index contributed by atoms with van der Waals surface area (Å²) in [4.78, 5) is 0. The summed E-state index contributed by atoms with van der Waals surface area (Å²) in [5.41, 5.74) is 2.86. The van der Waals surface area contributed by atoms with Crippen LogP contribution in [0.25, 0.3) is 0 Å². The highest BCUT2D eigenvalue weighted by atomic mass is 127. The van der Waals surface area contributed by atoms with Gasteiger partial charge in [0.1, 0.15) is 5.75 Å². The number of aliphatic hydroxyl groups is 1. The number of hydrogen-bond acceptors (Lipinski definition) is 2. The molecule has 2 saturated carbocycles. The predicted octanol–water partition coefficient (Wildman–Crippen LogP) is 4.78. The Labute approximate surface area is 152 Å². The van der Waals surface area contributed by atoms with E-state index in [0.29, 0.717) is 29.4 Å². The fourth-order valence-corrected chi connectivity index (χ4v) is 6.55. The molecule has 0 amide bonds. The molecule has 1 aromatic carbocycles. The third-order valence-electron chi connectivity index (χ3n) is 7.03. The Morgan fingerprint density at radius 2 is 2.09 bits per heavy atom. The zero-order chi connectivity index (χ0) is 16.2. The van der Waals surface area contributed by atoms with E-state index in [1.54, 1.807) is 0 Å². The lowest BCUT2D eigenvalue weighted by molar-refractivity contribution is -0.0384. The van der Waals surface area contributed by atoms with Crippen LogP contribution >= 0.6 is 22.6 Å². The van der Waals surface area contributed by atoms with E-state index in [1.807, 2.05) is 12.1 Å². The van der Waals surface area contributed by atoms with Gasteiger partial charge in [0.25, 0.3) is 0 Å². The average Bonchev–Trinajstić information content (AvgIpc) is 2.82. The zero-order valence-corrected chi connectivity index (χ0v) is 15.7. The number of hydrogen-bond donors (Lipinski definition) is 2. The number of fused-ring (bicyclic) bond motifs is 5. The van der Waals surface area contributed by atoms with Crippen molar-refractivity contribution in [2.24, 2.45) is 23.2 Å². The summed E-state index contributed by atoms with van der Waals surface area (Å²) in [6.07, 6.45) is 7.70. The van der Waals surface area contributed by atoms with Crippen molar-refractivity contribution < 1.29 is 10.2 Å². The van der Waals surface area contributed by atoms with Crippen LogP contribution in [0.1, 0.15) is 49.7 Å². The maximum atomic E-state index is 10.6. The van der Waals surface area contributed by atoms with E-state index >= 15 is 0 Å². The molecule has 3 unspecified atom stereocenters. The molecule has 4 rings (SSSR count). The molecule has 0 aliphatic heterocycles. The summed E-state index contributed by atoms with van der Waals surface area (Å²) in [6.45, 7) is 2.33. The summed E-state index contributed by atoms with van der Waals surface area (Å²) in [5.74, 6) is 2.74. The van der Waals surface area contributed by atoms with Crippen molar-refractivity contribution in [1.29, 1.82) is 0 Å². The maximum Gasteiger partial charge on any atom is 0.115 e. The molecule has 0 radical (unpaired) electrons. The lowest BCUT2D eigenvalue weighted by atomic mass is 9.52. The van der Waals surface area contributed by atoms with E-state index in [2.05, 4.69) is 45.7 Å². The van der Waals surface area contributed by atoms with Crippen LogP contribution in [-0.4, -0.2) is 16.3 Å². The fourth-order valence-electron chi connectivity index (χ4n) is 6.02. The number of aliphatic hydroxyl groups excluding tert-OH is 1. The Morgan fingerprint density at radius 3 is 2.87 bits per heavy atom. The minimum Gasteiger partial charge on any atom is -0.508 e. The van der Waals surface area contributed by atoms with Crippen molar-refractivity contribution in [3.05, 3.63) is 39.5 Å². The Balaban J connectivity index is 1.80. The van der Waals surface area contributed by atoms with Crippen LogP contribution in [-0.2, 0) is 6.42 Å². The quantitative estimate of drug-likeness (QED) is 0.637. The van der Waals surface area contributed by atoms with E-state index in [1.165, 1.54) is 24.0 Å². The van der Waals surface area contributed by atoms with E-state index < -0.39 is 0 Å². The zero-order valence-electron chi connectivity index (χ0n) is 13.6. The molecular formula is C20H25IO2. The SMILES string of the molecule is C[C@]12C[C@H](/C=C\I)C3c4ccc(O)cc4CCC3C1CC[C@@H]2O. The molecule has 6 atom stereocenters. The summed E-state index contributed by atoms with van der Waals surface area (Å²) in [5, 5.41) is 20.5. The standard InChI is InChI=1S/C20H25IO2/c1-20-11-13(8-9-21)19-15-5-3-14(22)10-12(15)2-4-16(19)17(20)6-7-18(20)23/h3,5,8-10,13,16-19,22-23H,2,4,6-7,11H2,1H3/b9-8-/t13-,16?,17?,18-,19?,20-/m0/s1. The van der Waals surface area contributed by atoms with Crippen LogP contribution in [0.3, 0.4) is 0 Å². The molecule has 2 fully saturated rings. The summed E-state index contributed by atoms with van der Waals surface area (Å²) in [6, 6.07) is 5.97. The van der Waals surface area contributed by atoms with Crippen molar-refractivity contribution in [3.8, 4) is 5.75 Å². The highest BCUT2D eigenvalue weighted by molar-refractivity contribution is 14.1. The molecule has 0 spiro atoms. The molecule has 2 nitrogen and oxygen atoms in total. The van der Waals surface area contributed by atoms with Gasteiger partial charge in [0.2, 0.25) is 0 Å². The van der Waals surface area contributed by atoms with Gasteiger partial charge in [0, 0.05) is 0 Å². The molecule has 0 aromatic heterocycles. The molecule has 3 heteroatoms. The first-order chi connectivity index (χ1) is 11.0. The summed E-state index contributed by atoms with van der Waals surface area (Å²) >= 11 is 2.33. The second kappa shape index (κ2) is 5.76. The molecule has 3 aliphatic carbocycles. The second-order valence-corrected chi connectivity index (χ2v) is 8.72. The minimum absolute atomic E-state index is 0.0798. The summed E-state index contributed by atoms with van der Waals surface area (Å²) in [7, 11) is 0. The lowest BCUT2D eigenvalue weighted by Crippen LogP contribution is -2.47. The van der Waals surface area contributed by atoms with Gasteiger partial charge in [-0.25, -0.2) is 0 Å². The van der Waals surface area contributed by atoms with Gasteiger partial charge < -0.3 is 10.2 Å². The molecule has 3 aliphatic rings. The molecule has 0 bridgehead atoms. The monoisotopic (exact) mass is 424 g/mol. The highest BCUT2D eigenvalue weighted by Crippen LogP contribution is 2.63. The van der Waals surface area contributed by atoms with Crippen LogP contribution in [0.2, 0.25) is 0 Å². The maximum absolute atomic E-state index is 10.6. The lowest BCUT2D eigenvalue weighted by Gasteiger charge is -2.53. The smallest absolute Gasteiger partial charge is 0.115 e. The van der Waals surface area contributed by atoms with Crippen LogP contribution in [0.4, 0.5) is 0 Å². The predicted molar refractivity (Wildman–Crippen MR) is 101 cm³/mol. The average molecular weight is 424 g/mol. The third kappa shape index (κ3) is 2.38. The number of phenols is 1. The van der Waals surface area contributed by atoms with Gasteiger partial charge in [-0.15, -0.1) is 0 Å². The molecule has 0 saturated heterocycles.